The van der Waals surface area contributed by atoms with Gasteiger partial charge in [0.05, 0.1) is 22.6 Å². The molecule has 0 N–H and O–H groups in total. The van der Waals surface area contributed by atoms with E-state index in [2.05, 4.69) is 68.1 Å². The van der Waals surface area contributed by atoms with Crippen LogP contribution in [0.1, 0.15) is 5.56 Å². The Labute approximate surface area is 179 Å². The maximum absolute atomic E-state index is 6.03. The molecule has 0 spiro atoms. The summed E-state index contributed by atoms with van der Waals surface area (Å²) in [7, 11) is 0. The van der Waals surface area contributed by atoms with Crippen LogP contribution in [0.5, 0.6) is 0 Å². The fourth-order valence-electron chi connectivity index (χ4n) is 3.06. The van der Waals surface area contributed by atoms with E-state index in [4.69, 9.17) is 16.7 Å². The average Bonchev–Trinajstić information content (AvgIpc) is 3.20. The van der Waals surface area contributed by atoms with Crippen molar-refractivity contribution in [1.29, 1.82) is 0 Å². The molecule has 0 atom stereocenters. The van der Waals surface area contributed by atoms with E-state index in [1.165, 1.54) is 0 Å². The molecule has 4 aromatic rings. The lowest BCUT2D eigenvalue weighted by Gasteiger charge is -2.09. The number of hydrogen-bond acceptors (Lipinski definition) is 2. The molecule has 2 heterocycles. The Morgan fingerprint density at radius 3 is 2.07 bits per heavy atom. The number of benzene rings is 2. The number of rotatable bonds is 4. The van der Waals surface area contributed by atoms with Gasteiger partial charge in [-0.15, -0.1) is 0 Å². The van der Waals surface area contributed by atoms with Gasteiger partial charge in [0.15, 0.2) is 0 Å². The van der Waals surface area contributed by atoms with Crippen LogP contribution in [0.2, 0.25) is 5.02 Å². The number of halogens is 3. The van der Waals surface area contributed by atoms with Crippen LogP contribution in [0, 0.1) is 6.92 Å². The first-order valence-corrected chi connectivity index (χ1v) is 10.2. The molecule has 0 aliphatic heterocycles. The quantitative estimate of drug-likeness (QED) is 0.321. The third-order valence-electron chi connectivity index (χ3n) is 4.31. The fraction of sp³-hybridized carbons (Fsp3) is 0.100. The second kappa shape index (κ2) is 7.62. The zero-order valence-corrected chi connectivity index (χ0v) is 18.3. The molecule has 2 aromatic heterocycles. The molecule has 0 bridgehead atoms. The van der Waals surface area contributed by atoms with E-state index in [-0.39, 0.29) is 0 Å². The molecular formula is C20H15Br2ClN4. The van der Waals surface area contributed by atoms with Gasteiger partial charge in [-0.25, -0.2) is 9.36 Å². The molecule has 0 fully saturated rings. The summed E-state index contributed by atoms with van der Waals surface area (Å²) >= 11 is 13.0. The van der Waals surface area contributed by atoms with Crippen molar-refractivity contribution in [3.05, 3.63) is 80.5 Å². The first-order chi connectivity index (χ1) is 13.0. The molecule has 0 unspecified atom stereocenters. The summed E-state index contributed by atoms with van der Waals surface area (Å²) in [6, 6.07) is 16.4. The Bertz CT molecular complexity index is 1080. The van der Waals surface area contributed by atoms with Crippen LogP contribution in [0.15, 0.2) is 69.9 Å². The first-order valence-electron chi connectivity index (χ1n) is 8.28. The maximum atomic E-state index is 6.03. The third-order valence-corrected chi connectivity index (χ3v) is 5.56. The highest BCUT2D eigenvalue weighted by Crippen LogP contribution is 2.33. The number of nitrogens with zero attached hydrogens (tertiary/aromatic N) is 4. The van der Waals surface area contributed by atoms with Crippen molar-refractivity contribution in [3.8, 4) is 22.5 Å². The molecule has 0 aliphatic carbocycles. The summed E-state index contributed by atoms with van der Waals surface area (Å²) in [5.41, 5.74) is 5.32. The van der Waals surface area contributed by atoms with Crippen molar-refractivity contribution in [1.82, 2.24) is 19.6 Å². The van der Waals surface area contributed by atoms with Gasteiger partial charge in [-0.1, -0.05) is 67.7 Å². The summed E-state index contributed by atoms with van der Waals surface area (Å²) in [5, 5.41) is 9.80. The van der Waals surface area contributed by atoms with E-state index in [1.807, 2.05) is 28.9 Å². The zero-order chi connectivity index (χ0) is 19.0. The molecule has 4 rings (SSSR count). The van der Waals surface area contributed by atoms with E-state index >= 15 is 0 Å². The van der Waals surface area contributed by atoms with Crippen LogP contribution in [0.4, 0.5) is 0 Å². The van der Waals surface area contributed by atoms with Crippen molar-refractivity contribution >= 4 is 43.5 Å². The van der Waals surface area contributed by atoms with E-state index in [0.717, 1.165) is 37.0 Å². The van der Waals surface area contributed by atoms with E-state index in [1.54, 1.807) is 17.1 Å². The van der Waals surface area contributed by atoms with Gasteiger partial charge < -0.3 is 0 Å². The highest BCUT2D eigenvalue weighted by atomic mass is 79.9. The minimum Gasteiger partial charge on any atom is -0.250 e. The maximum Gasteiger partial charge on any atom is 0.133 e. The van der Waals surface area contributed by atoms with E-state index in [0.29, 0.717) is 11.7 Å². The Morgan fingerprint density at radius 1 is 0.926 bits per heavy atom. The van der Waals surface area contributed by atoms with Gasteiger partial charge in [-0.05, 0) is 31.2 Å². The Balaban J connectivity index is 1.85. The molecule has 0 saturated carbocycles. The van der Waals surface area contributed by atoms with Gasteiger partial charge in [0, 0.05) is 31.8 Å². The van der Waals surface area contributed by atoms with E-state index < -0.39 is 0 Å². The molecule has 27 heavy (non-hydrogen) atoms. The Kier molecular flexibility index (Phi) is 5.21. The predicted octanol–water partition coefficient (Wildman–Crippen LogP) is 6.41. The Morgan fingerprint density at radius 2 is 1.52 bits per heavy atom. The molecule has 2 aromatic carbocycles. The van der Waals surface area contributed by atoms with Crippen LogP contribution in [-0.2, 0) is 6.67 Å². The van der Waals surface area contributed by atoms with Crippen LogP contribution >= 0.6 is 43.5 Å². The summed E-state index contributed by atoms with van der Waals surface area (Å²) in [5.74, 6) is 0. The molecule has 4 nitrogen and oxygen atoms in total. The summed E-state index contributed by atoms with van der Waals surface area (Å²) in [6.07, 6.45) is 3.43. The monoisotopic (exact) mass is 504 g/mol. The lowest BCUT2D eigenvalue weighted by molar-refractivity contribution is 0.508. The number of aromatic nitrogens is 4. The van der Waals surface area contributed by atoms with Crippen molar-refractivity contribution < 1.29 is 0 Å². The van der Waals surface area contributed by atoms with Crippen molar-refractivity contribution in [2.75, 3.05) is 0 Å². The Hall–Kier alpha value is -1.89. The standard InChI is InChI=1S/C20H15Br2ClN4/c1-13-19(14-2-6-16(21)7-3-14)25-27(12-26-11-18(23)10-24-26)20(13)15-4-8-17(22)9-5-15/h2-11H,12H2,1H3. The van der Waals surface area contributed by atoms with Crippen LogP contribution in [0.25, 0.3) is 22.5 Å². The molecule has 0 amide bonds. The second-order valence-corrected chi connectivity index (χ2v) is 8.44. The SMILES string of the molecule is Cc1c(-c2ccc(Br)cc2)nn(Cn2cc(Cl)cn2)c1-c1ccc(Br)cc1. The zero-order valence-electron chi connectivity index (χ0n) is 14.4. The van der Waals surface area contributed by atoms with Crippen LogP contribution < -0.4 is 0 Å². The van der Waals surface area contributed by atoms with E-state index in [9.17, 15) is 0 Å². The average molecular weight is 507 g/mol. The van der Waals surface area contributed by atoms with Crippen LogP contribution in [0.3, 0.4) is 0 Å². The highest BCUT2D eigenvalue weighted by molar-refractivity contribution is 9.10. The number of hydrogen-bond donors (Lipinski definition) is 0. The first kappa shape index (κ1) is 18.5. The molecule has 136 valence electrons. The van der Waals surface area contributed by atoms with Gasteiger partial charge in [0.2, 0.25) is 0 Å². The molecular weight excluding hydrogens is 492 g/mol. The topological polar surface area (TPSA) is 35.6 Å². The minimum atomic E-state index is 0.482. The van der Waals surface area contributed by atoms with Crippen molar-refractivity contribution in [2.24, 2.45) is 0 Å². The second-order valence-electron chi connectivity index (χ2n) is 6.17. The lowest BCUT2D eigenvalue weighted by Crippen LogP contribution is -2.11. The lowest BCUT2D eigenvalue weighted by atomic mass is 10.0. The summed E-state index contributed by atoms with van der Waals surface area (Å²) < 4.78 is 5.84. The van der Waals surface area contributed by atoms with Gasteiger partial charge in [-0.2, -0.15) is 10.2 Å². The highest BCUT2D eigenvalue weighted by Gasteiger charge is 2.18. The molecule has 0 aliphatic rings. The largest absolute Gasteiger partial charge is 0.250 e. The van der Waals surface area contributed by atoms with Crippen molar-refractivity contribution in [2.45, 2.75) is 13.6 Å². The van der Waals surface area contributed by atoms with Crippen molar-refractivity contribution in [3.63, 3.8) is 0 Å². The van der Waals surface area contributed by atoms with Crippen LogP contribution in [-0.4, -0.2) is 19.6 Å². The summed E-state index contributed by atoms with van der Waals surface area (Å²) in [4.78, 5) is 0. The molecule has 7 heteroatoms. The van der Waals surface area contributed by atoms with Gasteiger partial charge in [-0.3, -0.25) is 0 Å². The molecule has 0 saturated heterocycles. The smallest absolute Gasteiger partial charge is 0.133 e. The normalized spacial score (nSPS) is 11.1. The van der Waals surface area contributed by atoms with Gasteiger partial charge >= 0.3 is 0 Å². The third kappa shape index (κ3) is 3.88. The van der Waals surface area contributed by atoms with Gasteiger partial charge in [0.1, 0.15) is 6.67 Å². The fourth-order valence-corrected chi connectivity index (χ4v) is 3.75. The minimum absolute atomic E-state index is 0.482. The van der Waals surface area contributed by atoms with Gasteiger partial charge in [0.25, 0.3) is 0 Å². The predicted molar refractivity (Wildman–Crippen MR) is 116 cm³/mol. The molecule has 0 radical (unpaired) electrons. The summed E-state index contributed by atoms with van der Waals surface area (Å²) in [6.45, 7) is 2.59.